The lowest BCUT2D eigenvalue weighted by Gasteiger charge is -2.28. The molecular weight excluding hydrogens is 188 g/mol. The molecular formula is C12H24N2O. The summed E-state index contributed by atoms with van der Waals surface area (Å²) in [5.74, 6) is 0.692. The van der Waals surface area contributed by atoms with Gasteiger partial charge >= 0.3 is 0 Å². The van der Waals surface area contributed by atoms with Crippen LogP contribution in [0.1, 0.15) is 47.0 Å². The standard InChI is InChI=1S/C12H24N2O/c1-8(12(2,3)4)14-11(15)7-10(13)9-5-6-9/h8-10H,5-7,13H2,1-4H3,(H,14,15). The van der Waals surface area contributed by atoms with E-state index in [4.69, 9.17) is 5.73 Å². The zero-order valence-corrected chi connectivity index (χ0v) is 10.3. The van der Waals surface area contributed by atoms with E-state index in [1.807, 2.05) is 6.92 Å². The number of rotatable bonds is 4. The number of hydrogen-bond acceptors (Lipinski definition) is 2. The molecule has 3 heteroatoms. The monoisotopic (exact) mass is 212 g/mol. The Labute approximate surface area is 92.8 Å². The average molecular weight is 212 g/mol. The number of nitrogens with one attached hydrogen (secondary N) is 1. The van der Waals surface area contributed by atoms with Gasteiger partial charge in [0, 0.05) is 18.5 Å². The molecule has 0 radical (unpaired) electrons. The van der Waals surface area contributed by atoms with Gasteiger partial charge in [-0.05, 0) is 31.1 Å². The summed E-state index contributed by atoms with van der Waals surface area (Å²) in [5, 5.41) is 3.01. The summed E-state index contributed by atoms with van der Waals surface area (Å²) in [6, 6.07) is 0.258. The van der Waals surface area contributed by atoms with Crippen LogP contribution in [0.2, 0.25) is 0 Å². The fraction of sp³-hybridized carbons (Fsp3) is 0.917. The van der Waals surface area contributed by atoms with Crippen LogP contribution in [0, 0.1) is 11.3 Å². The molecule has 0 saturated heterocycles. The van der Waals surface area contributed by atoms with Crippen molar-refractivity contribution in [2.75, 3.05) is 0 Å². The maximum Gasteiger partial charge on any atom is 0.221 e. The van der Waals surface area contributed by atoms with E-state index in [2.05, 4.69) is 26.1 Å². The Morgan fingerprint density at radius 1 is 1.47 bits per heavy atom. The van der Waals surface area contributed by atoms with Crippen LogP contribution in [0.25, 0.3) is 0 Å². The SMILES string of the molecule is CC(NC(=O)CC(N)C1CC1)C(C)(C)C. The Morgan fingerprint density at radius 2 is 2.00 bits per heavy atom. The van der Waals surface area contributed by atoms with E-state index in [0.29, 0.717) is 12.3 Å². The molecule has 0 heterocycles. The predicted molar refractivity (Wildman–Crippen MR) is 62.4 cm³/mol. The molecule has 1 amide bonds. The Kier molecular flexibility index (Phi) is 3.77. The molecule has 0 aromatic rings. The van der Waals surface area contributed by atoms with Crippen LogP contribution in [-0.2, 0) is 4.79 Å². The van der Waals surface area contributed by atoms with Crippen molar-refractivity contribution in [1.82, 2.24) is 5.32 Å². The van der Waals surface area contributed by atoms with Gasteiger partial charge in [0.2, 0.25) is 5.91 Å². The quantitative estimate of drug-likeness (QED) is 0.744. The van der Waals surface area contributed by atoms with Crippen LogP contribution >= 0.6 is 0 Å². The van der Waals surface area contributed by atoms with Crippen LogP contribution in [0.3, 0.4) is 0 Å². The number of nitrogens with two attached hydrogens (primary N) is 1. The van der Waals surface area contributed by atoms with Crippen LogP contribution in [0.5, 0.6) is 0 Å². The van der Waals surface area contributed by atoms with Gasteiger partial charge in [-0.2, -0.15) is 0 Å². The molecule has 1 aliphatic rings. The van der Waals surface area contributed by atoms with Crippen LogP contribution in [0.4, 0.5) is 0 Å². The first kappa shape index (κ1) is 12.5. The van der Waals surface area contributed by atoms with Gasteiger partial charge in [0.25, 0.3) is 0 Å². The van der Waals surface area contributed by atoms with Crippen molar-refractivity contribution >= 4 is 5.91 Å². The van der Waals surface area contributed by atoms with E-state index in [1.165, 1.54) is 12.8 Å². The van der Waals surface area contributed by atoms with Crippen molar-refractivity contribution in [3.05, 3.63) is 0 Å². The lowest BCUT2D eigenvalue weighted by Crippen LogP contribution is -2.43. The molecule has 2 unspecified atom stereocenters. The van der Waals surface area contributed by atoms with Crippen LogP contribution in [-0.4, -0.2) is 18.0 Å². The Hall–Kier alpha value is -0.570. The summed E-state index contributed by atoms with van der Waals surface area (Å²) >= 11 is 0. The summed E-state index contributed by atoms with van der Waals surface area (Å²) in [6.45, 7) is 8.41. The fourth-order valence-corrected chi connectivity index (χ4v) is 1.42. The molecule has 1 rings (SSSR count). The summed E-state index contributed by atoms with van der Waals surface area (Å²) in [7, 11) is 0. The van der Waals surface area contributed by atoms with Crippen molar-refractivity contribution in [1.29, 1.82) is 0 Å². The minimum atomic E-state index is 0.0668. The van der Waals surface area contributed by atoms with Crippen molar-refractivity contribution in [2.24, 2.45) is 17.1 Å². The summed E-state index contributed by atoms with van der Waals surface area (Å²) in [6.07, 6.45) is 2.87. The average Bonchev–Trinajstić information content (AvgIpc) is 2.83. The highest BCUT2D eigenvalue weighted by Crippen LogP contribution is 2.32. The molecule has 1 fully saturated rings. The molecule has 0 bridgehead atoms. The number of carbonyl (C=O) groups excluding carboxylic acids is 1. The molecule has 1 aliphatic carbocycles. The smallest absolute Gasteiger partial charge is 0.221 e. The zero-order valence-electron chi connectivity index (χ0n) is 10.3. The highest BCUT2D eigenvalue weighted by atomic mass is 16.1. The molecule has 1 saturated carbocycles. The zero-order chi connectivity index (χ0) is 11.6. The van der Waals surface area contributed by atoms with Gasteiger partial charge in [-0.15, -0.1) is 0 Å². The largest absolute Gasteiger partial charge is 0.353 e. The van der Waals surface area contributed by atoms with Gasteiger partial charge in [-0.1, -0.05) is 20.8 Å². The number of amides is 1. The highest BCUT2D eigenvalue weighted by molar-refractivity contribution is 5.77. The van der Waals surface area contributed by atoms with Gasteiger partial charge in [-0.3, -0.25) is 4.79 Å². The topological polar surface area (TPSA) is 55.1 Å². The summed E-state index contributed by atoms with van der Waals surface area (Å²) < 4.78 is 0. The Balaban J connectivity index is 2.28. The van der Waals surface area contributed by atoms with E-state index in [-0.39, 0.29) is 23.4 Å². The van der Waals surface area contributed by atoms with Crippen molar-refractivity contribution in [3.8, 4) is 0 Å². The maximum absolute atomic E-state index is 11.7. The van der Waals surface area contributed by atoms with E-state index in [0.717, 1.165) is 0 Å². The predicted octanol–water partition coefficient (Wildman–Crippen LogP) is 1.66. The lowest BCUT2D eigenvalue weighted by atomic mass is 9.88. The van der Waals surface area contributed by atoms with Crippen molar-refractivity contribution in [3.63, 3.8) is 0 Å². The van der Waals surface area contributed by atoms with Crippen LogP contribution in [0.15, 0.2) is 0 Å². The molecule has 3 N–H and O–H groups in total. The molecule has 3 nitrogen and oxygen atoms in total. The first-order valence-electron chi connectivity index (χ1n) is 5.85. The first-order chi connectivity index (χ1) is 6.80. The third-order valence-corrected chi connectivity index (χ3v) is 3.33. The second-order valence-electron chi connectivity index (χ2n) is 5.86. The summed E-state index contributed by atoms with van der Waals surface area (Å²) in [5.41, 5.74) is 6.01. The number of hydrogen-bond donors (Lipinski definition) is 2. The molecule has 0 aromatic heterocycles. The molecule has 0 aliphatic heterocycles. The minimum Gasteiger partial charge on any atom is -0.353 e. The molecule has 0 spiro atoms. The van der Waals surface area contributed by atoms with E-state index >= 15 is 0 Å². The van der Waals surface area contributed by atoms with Gasteiger partial charge in [0.05, 0.1) is 0 Å². The summed E-state index contributed by atoms with van der Waals surface area (Å²) in [4.78, 5) is 11.7. The molecule has 0 aromatic carbocycles. The number of carbonyl (C=O) groups is 1. The highest BCUT2D eigenvalue weighted by Gasteiger charge is 2.30. The Bertz CT molecular complexity index is 228. The van der Waals surface area contributed by atoms with Crippen molar-refractivity contribution < 1.29 is 4.79 Å². The normalized spacial score (nSPS) is 20.9. The van der Waals surface area contributed by atoms with E-state index < -0.39 is 0 Å². The lowest BCUT2D eigenvalue weighted by molar-refractivity contribution is -0.122. The second kappa shape index (κ2) is 4.52. The molecule has 2 atom stereocenters. The van der Waals surface area contributed by atoms with Crippen molar-refractivity contribution in [2.45, 2.75) is 59.0 Å². The fourth-order valence-electron chi connectivity index (χ4n) is 1.42. The minimum absolute atomic E-state index is 0.0668. The first-order valence-corrected chi connectivity index (χ1v) is 5.85. The van der Waals surface area contributed by atoms with Gasteiger partial charge < -0.3 is 11.1 Å². The van der Waals surface area contributed by atoms with Gasteiger partial charge in [-0.25, -0.2) is 0 Å². The van der Waals surface area contributed by atoms with Gasteiger partial charge in [0.15, 0.2) is 0 Å². The van der Waals surface area contributed by atoms with E-state index in [9.17, 15) is 4.79 Å². The van der Waals surface area contributed by atoms with E-state index in [1.54, 1.807) is 0 Å². The third kappa shape index (κ3) is 4.20. The Morgan fingerprint density at radius 3 is 2.40 bits per heavy atom. The van der Waals surface area contributed by atoms with Gasteiger partial charge in [0.1, 0.15) is 0 Å². The van der Waals surface area contributed by atoms with Crippen LogP contribution < -0.4 is 11.1 Å². The molecule has 15 heavy (non-hydrogen) atoms. The maximum atomic E-state index is 11.7. The third-order valence-electron chi connectivity index (χ3n) is 3.33. The second-order valence-corrected chi connectivity index (χ2v) is 5.86. The molecule has 88 valence electrons.